The fraction of sp³-hybridized carbons (Fsp3) is 0.267. The lowest BCUT2D eigenvalue weighted by molar-refractivity contribution is 0.0668. The number of nitrogens with one attached hydrogen (secondary N) is 1. The molecule has 6 heteroatoms. The number of aromatic nitrogens is 1. The number of rotatable bonds is 9. The summed E-state index contributed by atoms with van der Waals surface area (Å²) in [6.45, 7) is 4.81. The highest BCUT2D eigenvalue weighted by Crippen LogP contribution is 2.38. The van der Waals surface area contributed by atoms with Gasteiger partial charge in [-0.25, -0.2) is 4.39 Å². The molecule has 1 aromatic heterocycles. The predicted octanol–water partition coefficient (Wildman–Crippen LogP) is 7.61. The summed E-state index contributed by atoms with van der Waals surface area (Å²) in [5, 5.41) is 1.51. The van der Waals surface area contributed by atoms with Gasteiger partial charge in [-0.1, -0.05) is 54.9 Å². The first kappa shape index (κ1) is 24.5. The second-order valence-electron chi connectivity index (χ2n) is 9.25. The lowest BCUT2D eigenvalue weighted by Crippen LogP contribution is -2.49. The SMILES string of the molecule is CC/C(=C(/c1ccc(OCCN2CC(CF)C2)cc1)c1cc2ccccc2[nH]1)c1ccc(F)cc1Cl. The van der Waals surface area contributed by atoms with Gasteiger partial charge >= 0.3 is 0 Å². The summed E-state index contributed by atoms with van der Waals surface area (Å²) in [6.07, 6.45) is 0.712. The van der Waals surface area contributed by atoms with Crippen molar-refractivity contribution in [1.82, 2.24) is 9.88 Å². The van der Waals surface area contributed by atoms with Crippen molar-refractivity contribution in [2.45, 2.75) is 13.3 Å². The lowest BCUT2D eigenvalue weighted by Gasteiger charge is -2.37. The lowest BCUT2D eigenvalue weighted by atomic mass is 9.90. The summed E-state index contributed by atoms with van der Waals surface area (Å²) in [7, 11) is 0. The van der Waals surface area contributed by atoms with Crippen LogP contribution in [0.5, 0.6) is 5.75 Å². The van der Waals surface area contributed by atoms with Crippen LogP contribution in [0.15, 0.2) is 72.8 Å². The minimum atomic E-state index is -0.355. The van der Waals surface area contributed by atoms with Crippen molar-refractivity contribution in [3.8, 4) is 5.75 Å². The van der Waals surface area contributed by atoms with Crippen LogP contribution in [-0.4, -0.2) is 42.8 Å². The highest BCUT2D eigenvalue weighted by Gasteiger charge is 2.25. The molecule has 4 aromatic rings. The van der Waals surface area contributed by atoms with Crippen molar-refractivity contribution >= 4 is 33.7 Å². The van der Waals surface area contributed by atoms with E-state index in [0.29, 0.717) is 18.1 Å². The molecule has 186 valence electrons. The number of benzene rings is 3. The fourth-order valence-corrected chi connectivity index (χ4v) is 5.19. The van der Waals surface area contributed by atoms with Crippen molar-refractivity contribution in [2.75, 3.05) is 32.9 Å². The molecule has 0 aliphatic carbocycles. The molecule has 0 spiro atoms. The fourth-order valence-electron chi connectivity index (χ4n) is 4.90. The zero-order chi connectivity index (χ0) is 25.1. The number of alkyl halides is 1. The van der Waals surface area contributed by atoms with Crippen LogP contribution in [-0.2, 0) is 0 Å². The number of nitrogens with zero attached hydrogens (tertiary/aromatic N) is 1. The van der Waals surface area contributed by atoms with Crippen LogP contribution in [0, 0.1) is 11.7 Å². The van der Waals surface area contributed by atoms with Gasteiger partial charge in [0.1, 0.15) is 18.2 Å². The molecule has 1 aliphatic heterocycles. The Bertz CT molecular complexity index is 1340. The van der Waals surface area contributed by atoms with Crippen molar-refractivity contribution in [1.29, 1.82) is 0 Å². The molecule has 0 bridgehead atoms. The summed E-state index contributed by atoms with van der Waals surface area (Å²) >= 11 is 6.51. The zero-order valence-corrected chi connectivity index (χ0v) is 21.0. The summed E-state index contributed by atoms with van der Waals surface area (Å²) < 4.78 is 32.4. The van der Waals surface area contributed by atoms with E-state index >= 15 is 0 Å². The van der Waals surface area contributed by atoms with E-state index in [0.717, 1.165) is 64.3 Å². The number of hydrogen-bond donors (Lipinski definition) is 1. The second-order valence-corrected chi connectivity index (χ2v) is 9.66. The Hall–Kier alpha value is -3.15. The Labute approximate surface area is 215 Å². The number of allylic oxidation sites excluding steroid dienone is 1. The predicted molar refractivity (Wildman–Crippen MR) is 144 cm³/mol. The van der Waals surface area contributed by atoms with Gasteiger partial charge in [0.25, 0.3) is 0 Å². The molecule has 3 aromatic carbocycles. The van der Waals surface area contributed by atoms with Gasteiger partial charge in [0, 0.05) is 47.7 Å². The van der Waals surface area contributed by atoms with Crippen molar-refractivity contribution in [3.63, 3.8) is 0 Å². The van der Waals surface area contributed by atoms with Gasteiger partial charge in [-0.05, 0) is 59.5 Å². The molecule has 1 aliphatic rings. The number of H-pyrrole nitrogens is 1. The largest absolute Gasteiger partial charge is 0.492 e. The highest BCUT2D eigenvalue weighted by molar-refractivity contribution is 6.32. The van der Waals surface area contributed by atoms with Crippen molar-refractivity contribution in [2.24, 2.45) is 5.92 Å². The summed E-state index contributed by atoms with van der Waals surface area (Å²) in [6, 6.07) is 22.9. The third kappa shape index (κ3) is 5.18. The van der Waals surface area contributed by atoms with Crippen LogP contribution >= 0.6 is 11.6 Å². The molecular formula is C30H29ClF2N2O. The van der Waals surface area contributed by atoms with E-state index in [2.05, 4.69) is 35.0 Å². The molecule has 1 N–H and O–H groups in total. The molecule has 0 unspecified atom stereocenters. The Morgan fingerprint density at radius 2 is 1.83 bits per heavy atom. The topological polar surface area (TPSA) is 28.3 Å². The van der Waals surface area contributed by atoms with Gasteiger partial charge in [0.05, 0.1) is 11.7 Å². The minimum Gasteiger partial charge on any atom is -0.492 e. The van der Waals surface area contributed by atoms with Gasteiger partial charge in [-0.2, -0.15) is 0 Å². The Morgan fingerprint density at radius 3 is 2.53 bits per heavy atom. The van der Waals surface area contributed by atoms with Gasteiger partial charge in [0.15, 0.2) is 0 Å². The van der Waals surface area contributed by atoms with Crippen LogP contribution < -0.4 is 4.74 Å². The van der Waals surface area contributed by atoms with E-state index in [9.17, 15) is 8.78 Å². The van der Waals surface area contributed by atoms with Crippen LogP contribution in [0.2, 0.25) is 5.02 Å². The van der Waals surface area contributed by atoms with Crippen molar-refractivity contribution < 1.29 is 13.5 Å². The maximum atomic E-state index is 13.8. The Morgan fingerprint density at radius 1 is 1.06 bits per heavy atom. The van der Waals surface area contributed by atoms with Crippen molar-refractivity contribution in [3.05, 3.63) is 100 Å². The van der Waals surface area contributed by atoms with Gasteiger partial charge in [0.2, 0.25) is 0 Å². The highest BCUT2D eigenvalue weighted by atomic mass is 35.5. The van der Waals surface area contributed by atoms with E-state index < -0.39 is 0 Å². The first-order chi connectivity index (χ1) is 17.6. The summed E-state index contributed by atoms with van der Waals surface area (Å²) in [5.41, 5.74) is 5.90. The molecule has 36 heavy (non-hydrogen) atoms. The molecule has 0 radical (unpaired) electrons. The molecule has 3 nitrogen and oxygen atoms in total. The molecule has 1 fully saturated rings. The average molecular weight is 507 g/mol. The van der Waals surface area contributed by atoms with E-state index in [1.807, 2.05) is 36.4 Å². The second kappa shape index (κ2) is 10.9. The number of para-hydroxylation sites is 1. The van der Waals surface area contributed by atoms with Gasteiger partial charge < -0.3 is 9.72 Å². The third-order valence-corrected chi connectivity index (χ3v) is 7.09. The normalized spacial score (nSPS) is 15.1. The van der Waals surface area contributed by atoms with Crippen LogP contribution in [0.25, 0.3) is 22.0 Å². The minimum absolute atomic E-state index is 0.182. The Kier molecular flexibility index (Phi) is 7.40. The monoisotopic (exact) mass is 506 g/mol. The molecule has 0 atom stereocenters. The average Bonchev–Trinajstić information content (AvgIpc) is 3.28. The van der Waals surface area contributed by atoms with E-state index in [1.165, 1.54) is 12.1 Å². The smallest absolute Gasteiger partial charge is 0.124 e. The number of hydrogen-bond acceptors (Lipinski definition) is 2. The molecular weight excluding hydrogens is 478 g/mol. The number of fused-ring (bicyclic) bond motifs is 1. The van der Waals surface area contributed by atoms with Gasteiger partial charge in [-0.3, -0.25) is 9.29 Å². The number of likely N-dealkylation sites (tertiary alicyclic amines) is 1. The standard InChI is InChI=1S/C30H29ClF2N2O/c1-2-25(26-12-9-23(33)16-27(26)31)30(29-15-22-5-3-4-6-28(22)34-29)21-7-10-24(11-8-21)36-14-13-35-18-20(17-32)19-35/h3-12,15-16,20,34H,2,13-14,17-19H2,1H3/b30-25+. The summed E-state index contributed by atoms with van der Waals surface area (Å²) in [5.74, 6) is 0.614. The van der Waals surface area contributed by atoms with Crippen LogP contribution in [0.4, 0.5) is 8.78 Å². The van der Waals surface area contributed by atoms with E-state index in [-0.39, 0.29) is 18.4 Å². The quantitative estimate of drug-likeness (QED) is 0.237. The number of halogens is 3. The number of aromatic amines is 1. The molecule has 1 saturated heterocycles. The molecule has 0 saturated carbocycles. The third-order valence-electron chi connectivity index (χ3n) is 6.78. The van der Waals surface area contributed by atoms with Crippen LogP contribution in [0.3, 0.4) is 0 Å². The van der Waals surface area contributed by atoms with Crippen LogP contribution in [0.1, 0.15) is 30.2 Å². The summed E-state index contributed by atoms with van der Waals surface area (Å²) in [4.78, 5) is 5.76. The van der Waals surface area contributed by atoms with E-state index in [1.54, 1.807) is 6.07 Å². The maximum absolute atomic E-state index is 13.8. The molecule has 2 heterocycles. The first-order valence-electron chi connectivity index (χ1n) is 12.3. The molecule has 0 amide bonds. The number of ether oxygens (including phenoxy) is 1. The Balaban J connectivity index is 1.47. The molecule has 5 rings (SSSR count). The maximum Gasteiger partial charge on any atom is 0.124 e. The zero-order valence-electron chi connectivity index (χ0n) is 20.2. The van der Waals surface area contributed by atoms with Gasteiger partial charge in [-0.15, -0.1) is 0 Å². The first-order valence-corrected chi connectivity index (χ1v) is 12.7. The van der Waals surface area contributed by atoms with E-state index in [4.69, 9.17) is 16.3 Å².